The third-order valence-corrected chi connectivity index (χ3v) is 4.14. The molecule has 1 heteroatoms. The first-order valence-corrected chi connectivity index (χ1v) is 6.06. The zero-order valence-corrected chi connectivity index (χ0v) is 10.9. The topological polar surface area (TPSA) is 3.24 Å². The van der Waals surface area contributed by atoms with E-state index in [-0.39, 0.29) is 0 Å². The largest absolute Gasteiger partial charge is 0.296 e. The van der Waals surface area contributed by atoms with Crippen LogP contribution in [0.4, 0.5) is 0 Å². The number of hydrogen-bond acceptors (Lipinski definition) is 1. The number of rotatable bonds is 2. The Morgan fingerprint density at radius 3 is 2.29 bits per heavy atom. The van der Waals surface area contributed by atoms with Gasteiger partial charge in [0.2, 0.25) is 0 Å². The van der Waals surface area contributed by atoms with Crippen LogP contribution in [0.2, 0.25) is 0 Å². The lowest BCUT2D eigenvalue weighted by molar-refractivity contribution is -0.0410. The van der Waals surface area contributed by atoms with Gasteiger partial charge < -0.3 is 0 Å². The zero-order chi connectivity index (χ0) is 11.0. The lowest BCUT2D eigenvalue weighted by atomic mass is 9.72. The first kappa shape index (κ1) is 12.0. The van der Waals surface area contributed by atoms with Gasteiger partial charge in [0.25, 0.3) is 0 Å². The van der Waals surface area contributed by atoms with Gasteiger partial charge in [0, 0.05) is 11.1 Å². The average molecular weight is 197 g/mol. The smallest absolute Gasteiger partial charge is 0.0186 e. The molecule has 0 aromatic heterocycles. The molecule has 1 saturated heterocycles. The van der Waals surface area contributed by atoms with Crippen LogP contribution in [-0.4, -0.2) is 23.0 Å². The molecule has 1 aliphatic rings. The van der Waals surface area contributed by atoms with Crippen molar-refractivity contribution < 1.29 is 0 Å². The molecule has 0 amide bonds. The first-order chi connectivity index (χ1) is 6.32. The molecular weight excluding hydrogens is 170 g/mol. The maximum absolute atomic E-state index is 2.61. The van der Waals surface area contributed by atoms with Crippen molar-refractivity contribution in [3.63, 3.8) is 0 Å². The van der Waals surface area contributed by atoms with Gasteiger partial charge in [0.15, 0.2) is 0 Å². The fraction of sp³-hybridized carbons (Fsp3) is 1.00. The van der Waals surface area contributed by atoms with Gasteiger partial charge in [-0.1, -0.05) is 20.3 Å². The van der Waals surface area contributed by atoms with Crippen molar-refractivity contribution in [1.82, 2.24) is 4.90 Å². The van der Waals surface area contributed by atoms with Gasteiger partial charge in [-0.05, 0) is 53.0 Å². The van der Waals surface area contributed by atoms with Gasteiger partial charge >= 0.3 is 0 Å². The van der Waals surface area contributed by atoms with Gasteiger partial charge in [-0.3, -0.25) is 4.90 Å². The first-order valence-electron chi connectivity index (χ1n) is 6.06. The van der Waals surface area contributed by atoms with Gasteiger partial charge in [0.05, 0.1) is 0 Å². The molecular formula is C13H27N. The molecule has 0 N–H and O–H groups in total. The minimum absolute atomic E-state index is 0.377. The molecule has 0 aliphatic carbocycles. The van der Waals surface area contributed by atoms with Gasteiger partial charge in [-0.2, -0.15) is 0 Å². The van der Waals surface area contributed by atoms with Crippen molar-refractivity contribution in [1.29, 1.82) is 0 Å². The van der Waals surface area contributed by atoms with Gasteiger partial charge in [-0.25, -0.2) is 0 Å². The van der Waals surface area contributed by atoms with E-state index < -0.39 is 0 Å². The van der Waals surface area contributed by atoms with Crippen molar-refractivity contribution in [2.75, 3.05) is 7.05 Å². The van der Waals surface area contributed by atoms with Crippen LogP contribution in [-0.2, 0) is 0 Å². The van der Waals surface area contributed by atoms with Crippen LogP contribution >= 0.6 is 0 Å². The predicted molar refractivity (Wildman–Crippen MR) is 63.6 cm³/mol. The van der Waals surface area contributed by atoms with E-state index >= 15 is 0 Å². The molecule has 0 saturated carbocycles. The Balaban J connectivity index is 2.84. The van der Waals surface area contributed by atoms with Crippen LogP contribution < -0.4 is 0 Å². The van der Waals surface area contributed by atoms with Crippen molar-refractivity contribution in [3.05, 3.63) is 0 Å². The second-order valence-electron chi connectivity index (χ2n) is 6.13. The highest BCUT2D eigenvalue weighted by molar-refractivity contribution is 4.99. The SMILES string of the molecule is CCCC1(C)CC(C)CC(C)(C)N1C. The van der Waals surface area contributed by atoms with Crippen LogP contribution in [0, 0.1) is 5.92 Å². The molecule has 1 rings (SSSR count). The number of nitrogens with zero attached hydrogens (tertiary/aromatic N) is 1. The summed E-state index contributed by atoms with van der Waals surface area (Å²) in [6.45, 7) is 11.9. The van der Waals surface area contributed by atoms with Crippen LogP contribution in [0.5, 0.6) is 0 Å². The third kappa shape index (κ3) is 2.13. The molecule has 84 valence electrons. The Kier molecular flexibility index (Phi) is 3.30. The van der Waals surface area contributed by atoms with Gasteiger partial charge in [0.1, 0.15) is 0 Å². The summed E-state index contributed by atoms with van der Waals surface area (Å²) < 4.78 is 0. The van der Waals surface area contributed by atoms with Crippen molar-refractivity contribution in [2.24, 2.45) is 5.92 Å². The van der Waals surface area contributed by atoms with E-state index in [0.29, 0.717) is 11.1 Å². The maximum Gasteiger partial charge on any atom is 0.0186 e. The van der Waals surface area contributed by atoms with E-state index in [1.54, 1.807) is 0 Å². The summed E-state index contributed by atoms with van der Waals surface area (Å²) in [7, 11) is 2.31. The molecule has 1 aliphatic heterocycles. The van der Waals surface area contributed by atoms with Gasteiger partial charge in [-0.15, -0.1) is 0 Å². The van der Waals surface area contributed by atoms with E-state index in [2.05, 4.69) is 46.6 Å². The maximum atomic E-state index is 2.61. The molecule has 1 heterocycles. The van der Waals surface area contributed by atoms with E-state index in [0.717, 1.165) is 5.92 Å². The molecule has 14 heavy (non-hydrogen) atoms. The summed E-state index contributed by atoms with van der Waals surface area (Å²) in [6, 6.07) is 0. The molecule has 2 atom stereocenters. The van der Waals surface area contributed by atoms with E-state index in [1.165, 1.54) is 25.7 Å². The van der Waals surface area contributed by atoms with E-state index in [9.17, 15) is 0 Å². The fourth-order valence-corrected chi connectivity index (χ4v) is 3.49. The quantitative estimate of drug-likeness (QED) is 0.652. The lowest BCUT2D eigenvalue weighted by Gasteiger charge is -2.55. The third-order valence-electron chi connectivity index (χ3n) is 4.14. The summed E-state index contributed by atoms with van der Waals surface area (Å²) in [5, 5.41) is 0. The Labute approximate surface area is 89.9 Å². The lowest BCUT2D eigenvalue weighted by Crippen LogP contribution is -2.59. The number of likely N-dealkylation sites (tertiary alicyclic amines) is 1. The summed E-state index contributed by atoms with van der Waals surface area (Å²) in [5.74, 6) is 0.873. The molecule has 0 radical (unpaired) electrons. The summed E-state index contributed by atoms with van der Waals surface area (Å²) in [5.41, 5.74) is 0.803. The standard InChI is InChI=1S/C13H27N/c1-7-8-13(5)10-11(2)9-12(3,4)14(13)6/h11H,7-10H2,1-6H3. The molecule has 0 aromatic carbocycles. The van der Waals surface area contributed by atoms with Crippen LogP contribution in [0.25, 0.3) is 0 Å². The molecule has 2 unspecified atom stereocenters. The van der Waals surface area contributed by atoms with Crippen LogP contribution in [0.3, 0.4) is 0 Å². The molecule has 1 nitrogen and oxygen atoms in total. The normalized spacial score (nSPS) is 38.6. The molecule has 0 spiro atoms. The second kappa shape index (κ2) is 3.84. The highest BCUT2D eigenvalue weighted by Gasteiger charge is 2.43. The summed E-state index contributed by atoms with van der Waals surface area (Å²) in [4.78, 5) is 2.61. The Morgan fingerprint density at radius 2 is 1.79 bits per heavy atom. The minimum Gasteiger partial charge on any atom is -0.296 e. The zero-order valence-electron chi connectivity index (χ0n) is 10.9. The van der Waals surface area contributed by atoms with Crippen LogP contribution in [0.15, 0.2) is 0 Å². The predicted octanol–water partition coefficient (Wildman–Crippen LogP) is 3.69. The van der Waals surface area contributed by atoms with E-state index in [1.807, 2.05) is 0 Å². The fourth-order valence-electron chi connectivity index (χ4n) is 3.49. The number of hydrogen-bond donors (Lipinski definition) is 0. The summed E-state index contributed by atoms with van der Waals surface area (Å²) in [6.07, 6.45) is 5.32. The summed E-state index contributed by atoms with van der Waals surface area (Å²) >= 11 is 0. The number of piperidine rings is 1. The Morgan fingerprint density at radius 1 is 1.21 bits per heavy atom. The molecule has 0 aromatic rings. The van der Waals surface area contributed by atoms with E-state index in [4.69, 9.17) is 0 Å². The molecule has 0 bridgehead atoms. The highest BCUT2D eigenvalue weighted by atomic mass is 15.2. The molecule has 1 fully saturated rings. The average Bonchev–Trinajstić information content (AvgIpc) is 1.99. The van der Waals surface area contributed by atoms with Crippen molar-refractivity contribution in [2.45, 2.75) is 71.4 Å². The Hall–Kier alpha value is -0.0400. The minimum atomic E-state index is 0.377. The second-order valence-corrected chi connectivity index (χ2v) is 6.13. The monoisotopic (exact) mass is 197 g/mol. The Bertz CT molecular complexity index is 197. The van der Waals surface area contributed by atoms with Crippen molar-refractivity contribution in [3.8, 4) is 0 Å². The van der Waals surface area contributed by atoms with Crippen LogP contribution in [0.1, 0.15) is 60.3 Å². The van der Waals surface area contributed by atoms with Crippen molar-refractivity contribution >= 4 is 0 Å². The highest BCUT2D eigenvalue weighted by Crippen LogP contribution is 2.42.